The molecule has 8 nitrogen and oxygen atoms in total. The van der Waals surface area contributed by atoms with Crippen LogP contribution >= 0.6 is 11.6 Å². The molecule has 142 valence electrons. The Bertz CT molecular complexity index is 1050. The molecular weight excluding hydrogens is 397 g/mol. The lowest BCUT2D eigenvalue weighted by Gasteiger charge is -2.20. The van der Waals surface area contributed by atoms with Crippen molar-refractivity contribution in [1.29, 1.82) is 5.26 Å². The monoisotopic (exact) mass is 411 g/mol. The molecule has 0 bridgehead atoms. The lowest BCUT2D eigenvalue weighted by molar-refractivity contribution is 0.454. The Morgan fingerprint density at radius 3 is 2.48 bits per heavy atom. The maximum atomic E-state index is 13.7. The van der Waals surface area contributed by atoms with E-state index in [2.05, 4.69) is 4.99 Å². The fourth-order valence-corrected chi connectivity index (χ4v) is 3.56. The quantitative estimate of drug-likeness (QED) is 0.344. The predicted molar refractivity (Wildman–Crippen MR) is 99.8 cm³/mol. The Morgan fingerprint density at radius 2 is 1.93 bits per heavy atom. The van der Waals surface area contributed by atoms with Gasteiger partial charge in [-0.25, -0.2) is 27.0 Å². The van der Waals surface area contributed by atoms with Gasteiger partial charge in [-0.2, -0.15) is 5.26 Å². The van der Waals surface area contributed by atoms with Gasteiger partial charge in [-0.15, -0.1) is 0 Å². The molecule has 2 rings (SSSR count). The van der Waals surface area contributed by atoms with E-state index in [0.29, 0.717) is 4.90 Å². The molecule has 2 aromatic rings. The molecule has 2 aromatic carbocycles. The molecule has 0 heterocycles. The number of rotatable bonds is 4. The van der Waals surface area contributed by atoms with Gasteiger partial charge in [0.05, 0.1) is 5.02 Å². The van der Waals surface area contributed by atoms with Gasteiger partial charge in [-0.05, 0) is 24.3 Å². The van der Waals surface area contributed by atoms with Crippen LogP contribution in [-0.4, -0.2) is 37.9 Å². The Kier molecular flexibility index (Phi) is 5.90. The van der Waals surface area contributed by atoms with E-state index in [-0.39, 0.29) is 16.4 Å². The number of nitrogens with two attached hydrogens (primary N) is 1. The number of halogens is 2. The summed E-state index contributed by atoms with van der Waals surface area (Å²) in [7, 11) is -1.60. The molecule has 0 saturated heterocycles. The van der Waals surface area contributed by atoms with Crippen molar-refractivity contribution in [2.75, 3.05) is 19.0 Å². The van der Waals surface area contributed by atoms with E-state index in [1.165, 1.54) is 44.4 Å². The van der Waals surface area contributed by atoms with Crippen LogP contribution in [0.1, 0.15) is 0 Å². The summed E-state index contributed by atoms with van der Waals surface area (Å²) in [5, 5.41) is 19.6. The van der Waals surface area contributed by atoms with Crippen LogP contribution in [0.2, 0.25) is 5.02 Å². The van der Waals surface area contributed by atoms with Gasteiger partial charge < -0.3 is 10.8 Å². The van der Waals surface area contributed by atoms with Crippen LogP contribution in [0.15, 0.2) is 46.3 Å². The van der Waals surface area contributed by atoms with Crippen LogP contribution in [0.5, 0.6) is 5.75 Å². The second-order valence-electron chi connectivity index (χ2n) is 5.39. The molecule has 0 aromatic heterocycles. The highest BCUT2D eigenvalue weighted by atomic mass is 35.5. The summed E-state index contributed by atoms with van der Waals surface area (Å²) in [5.41, 5.74) is 5.36. The first-order valence-electron chi connectivity index (χ1n) is 7.33. The minimum absolute atomic E-state index is 0.134. The molecule has 0 unspecified atom stereocenters. The fourth-order valence-electron chi connectivity index (χ4n) is 2.09. The normalized spacial score (nSPS) is 12.1. The first-order valence-corrected chi connectivity index (χ1v) is 9.15. The van der Waals surface area contributed by atoms with Gasteiger partial charge in [-0.3, -0.25) is 0 Å². The van der Waals surface area contributed by atoms with Gasteiger partial charge in [0, 0.05) is 14.1 Å². The topological polar surface area (TPSA) is 123 Å². The van der Waals surface area contributed by atoms with E-state index in [1.807, 2.05) is 0 Å². The van der Waals surface area contributed by atoms with Gasteiger partial charge >= 0.3 is 0 Å². The molecule has 0 atom stereocenters. The zero-order valence-electron chi connectivity index (χ0n) is 14.3. The van der Waals surface area contributed by atoms with Crippen LogP contribution in [-0.2, 0) is 10.0 Å². The summed E-state index contributed by atoms with van der Waals surface area (Å²) in [4.78, 5) is 3.88. The van der Waals surface area contributed by atoms with Gasteiger partial charge in [0.25, 0.3) is 0 Å². The average Bonchev–Trinajstić information content (AvgIpc) is 2.59. The smallest absolute Gasteiger partial charge is 0.247 e. The van der Waals surface area contributed by atoms with E-state index < -0.39 is 32.4 Å². The standard InChI is InChI=1S/C16H15ClFN5O3S/c1-22(2)27(25,26)15-10(17)7-8-13(14(15)24)23(9-19)16(20)21-12-6-4-3-5-11(12)18/h3-8,24H,1-2H3,(H2,20,21). The maximum Gasteiger partial charge on any atom is 0.247 e. The minimum atomic E-state index is -4.12. The third-order valence-electron chi connectivity index (χ3n) is 3.46. The molecule has 27 heavy (non-hydrogen) atoms. The maximum absolute atomic E-state index is 13.7. The number of para-hydroxylation sites is 1. The molecule has 0 aliphatic carbocycles. The summed E-state index contributed by atoms with van der Waals surface area (Å²) in [6, 6.07) is 7.85. The van der Waals surface area contributed by atoms with Gasteiger partial charge in [0.1, 0.15) is 22.1 Å². The number of aliphatic imine (C=N–C) groups is 1. The van der Waals surface area contributed by atoms with Crippen molar-refractivity contribution in [3.8, 4) is 11.9 Å². The number of phenols is 1. The van der Waals surface area contributed by atoms with Crippen LogP contribution in [0.3, 0.4) is 0 Å². The van der Waals surface area contributed by atoms with Crippen molar-refractivity contribution < 1.29 is 17.9 Å². The lowest BCUT2D eigenvalue weighted by atomic mass is 10.2. The highest BCUT2D eigenvalue weighted by Crippen LogP contribution is 2.39. The average molecular weight is 412 g/mol. The number of benzene rings is 2. The largest absolute Gasteiger partial charge is 0.504 e. The zero-order chi connectivity index (χ0) is 20.4. The number of hydrogen-bond acceptors (Lipinski definition) is 5. The van der Waals surface area contributed by atoms with Crippen molar-refractivity contribution in [2.24, 2.45) is 10.7 Å². The van der Waals surface area contributed by atoms with E-state index in [9.17, 15) is 23.2 Å². The van der Waals surface area contributed by atoms with Crippen molar-refractivity contribution in [2.45, 2.75) is 4.90 Å². The number of phenolic OH excluding ortho intramolecular Hbond substituents is 1. The van der Waals surface area contributed by atoms with E-state index in [0.717, 1.165) is 10.4 Å². The summed E-state index contributed by atoms with van der Waals surface area (Å²) in [6.45, 7) is 0. The number of guanidine groups is 1. The molecule has 0 aliphatic heterocycles. The van der Waals surface area contributed by atoms with Gasteiger partial charge in [0.2, 0.25) is 16.0 Å². The molecular formula is C16H15ClFN5O3S. The summed E-state index contributed by atoms with van der Waals surface area (Å²) >= 11 is 5.93. The third kappa shape index (κ3) is 3.95. The SMILES string of the molecule is CN(C)S(=O)(=O)c1c(Cl)ccc(N(C#N)C(N)=Nc2ccccc2F)c1O. The number of sulfonamides is 1. The summed E-state index contributed by atoms with van der Waals surface area (Å²) in [5.74, 6) is -1.94. The summed E-state index contributed by atoms with van der Waals surface area (Å²) in [6.07, 6.45) is 1.67. The molecule has 11 heteroatoms. The Balaban J connectivity index is 2.63. The third-order valence-corrected chi connectivity index (χ3v) is 5.78. The highest BCUT2D eigenvalue weighted by molar-refractivity contribution is 7.89. The van der Waals surface area contributed by atoms with Gasteiger partial charge in [0.15, 0.2) is 11.9 Å². The van der Waals surface area contributed by atoms with Crippen molar-refractivity contribution >= 4 is 39.0 Å². The number of anilines is 1. The Labute approximate surface area is 160 Å². The van der Waals surface area contributed by atoms with E-state index >= 15 is 0 Å². The second kappa shape index (κ2) is 7.79. The van der Waals surface area contributed by atoms with Crippen molar-refractivity contribution in [1.82, 2.24) is 4.31 Å². The van der Waals surface area contributed by atoms with Gasteiger partial charge in [-0.1, -0.05) is 23.7 Å². The number of aromatic hydroxyl groups is 1. The first kappa shape index (κ1) is 20.4. The predicted octanol–water partition coefficient (Wildman–Crippen LogP) is 2.37. The molecule has 0 fully saturated rings. The minimum Gasteiger partial charge on any atom is -0.504 e. The summed E-state index contributed by atoms with van der Waals surface area (Å²) < 4.78 is 39.4. The molecule has 0 saturated carbocycles. The van der Waals surface area contributed by atoms with Crippen LogP contribution < -0.4 is 10.6 Å². The van der Waals surface area contributed by atoms with E-state index in [1.54, 1.807) is 6.19 Å². The molecule has 0 radical (unpaired) electrons. The van der Waals surface area contributed by atoms with E-state index in [4.69, 9.17) is 17.3 Å². The Hall–Kier alpha value is -2.87. The molecule has 0 aliphatic rings. The zero-order valence-corrected chi connectivity index (χ0v) is 15.8. The van der Waals surface area contributed by atoms with Crippen LogP contribution in [0.25, 0.3) is 0 Å². The van der Waals surface area contributed by atoms with Crippen LogP contribution in [0, 0.1) is 17.3 Å². The highest BCUT2D eigenvalue weighted by Gasteiger charge is 2.29. The first-order chi connectivity index (χ1) is 12.6. The van der Waals surface area contributed by atoms with Crippen molar-refractivity contribution in [3.05, 3.63) is 47.2 Å². The van der Waals surface area contributed by atoms with Crippen LogP contribution in [0.4, 0.5) is 15.8 Å². The fraction of sp³-hybridized carbons (Fsp3) is 0.125. The molecule has 0 amide bonds. The molecule has 3 N–H and O–H groups in total. The number of nitrogens with zero attached hydrogens (tertiary/aromatic N) is 4. The Morgan fingerprint density at radius 1 is 1.30 bits per heavy atom. The number of nitriles is 1. The second-order valence-corrected chi connectivity index (χ2v) is 7.88. The molecule has 0 spiro atoms. The lowest BCUT2D eigenvalue weighted by Crippen LogP contribution is -2.33. The van der Waals surface area contributed by atoms with Crippen molar-refractivity contribution in [3.63, 3.8) is 0 Å². The number of hydrogen-bond donors (Lipinski definition) is 2.